The first-order valence-electron chi connectivity index (χ1n) is 5.67. The van der Waals surface area contributed by atoms with Crippen molar-refractivity contribution < 1.29 is 15.0 Å². The maximum atomic E-state index is 11.1. The van der Waals surface area contributed by atoms with Crippen molar-refractivity contribution >= 4 is 52.4 Å². The highest BCUT2D eigenvalue weighted by Gasteiger charge is 2.25. The smallest absolute Gasteiger partial charge is 0.337 e. The van der Waals surface area contributed by atoms with Gasteiger partial charge < -0.3 is 10.2 Å². The molecule has 0 saturated heterocycles. The van der Waals surface area contributed by atoms with Gasteiger partial charge in [-0.25, -0.2) is 4.79 Å². The summed E-state index contributed by atoms with van der Waals surface area (Å²) >= 11 is 24.1. The molecule has 0 fully saturated rings. The van der Waals surface area contributed by atoms with E-state index in [0.29, 0.717) is 16.1 Å². The first-order valence-corrected chi connectivity index (χ1v) is 7.18. The van der Waals surface area contributed by atoms with E-state index in [1.54, 1.807) is 12.1 Å². The summed E-state index contributed by atoms with van der Waals surface area (Å²) in [7, 11) is 0. The largest absolute Gasteiger partial charge is 0.479 e. The predicted molar refractivity (Wildman–Crippen MR) is 84.5 cm³/mol. The van der Waals surface area contributed by atoms with Gasteiger partial charge in [0.15, 0.2) is 6.10 Å². The highest BCUT2D eigenvalue weighted by Crippen LogP contribution is 2.42. The minimum Gasteiger partial charge on any atom is -0.479 e. The molecule has 0 aliphatic heterocycles. The Morgan fingerprint density at radius 2 is 1.57 bits per heavy atom. The molecule has 2 aromatic carbocycles. The number of carboxylic acids is 1. The second-order valence-corrected chi connectivity index (χ2v) is 5.84. The first-order chi connectivity index (χ1) is 9.82. The van der Waals surface area contributed by atoms with E-state index in [1.807, 2.05) is 0 Å². The van der Waals surface area contributed by atoms with Crippen LogP contribution < -0.4 is 0 Å². The van der Waals surface area contributed by atoms with Gasteiger partial charge in [0, 0.05) is 21.2 Å². The topological polar surface area (TPSA) is 57.5 Å². The number of hydrogen-bond acceptors (Lipinski definition) is 2. The molecule has 0 bridgehead atoms. The predicted octanol–water partition coefficient (Wildman–Crippen LogP) is 5.09. The number of aliphatic hydroxyl groups excluding tert-OH is 1. The molecule has 1 unspecified atom stereocenters. The highest BCUT2D eigenvalue weighted by atomic mass is 35.5. The zero-order valence-corrected chi connectivity index (χ0v) is 13.3. The van der Waals surface area contributed by atoms with Crippen molar-refractivity contribution in [1.82, 2.24) is 0 Å². The van der Waals surface area contributed by atoms with Gasteiger partial charge in [0.2, 0.25) is 0 Å². The van der Waals surface area contributed by atoms with E-state index in [9.17, 15) is 9.90 Å². The summed E-state index contributed by atoms with van der Waals surface area (Å²) in [4.78, 5) is 11.1. The summed E-state index contributed by atoms with van der Waals surface area (Å²) in [5.74, 6) is -1.43. The lowest BCUT2D eigenvalue weighted by Gasteiger charge is -2.16. The molecule has 21 heavy (non-hydrogen) atoms. The van der Waals surface area contributed by atoms with Gasteiger partial charge in [-0.3, -0.25) is 0 Å². The molecule has 2 N–H and O–H groups in total. The quantitative estimate of drug-likeness (QED) is 0.796. The van der Waals surface area contributed by atoms with Gasteiger partial charge >= 0.3 is 5.97 Å². The third-order valence-corrected chi connectivity index (χ3v) is 3.98. The molecule has 2 aromatic rings. The van der Waals surface area contributed by atoms with Crippen molar-refractivity contribution in [2.75, 3.05) is 0 Å². The normalized spacial score (nSPS) is 12.2. The van der Waals surface area contributed by atoms with E-state index in [1.165, 1.54) is 18.2 Å². The second-order valence-electron chi connectivity index (χ2n) is 4.19. The van der Waals surface area contributed by atoms with E-state index in [4.69, 9.17) is 51.5 Å². The molecule has 0 aliphatic carbocycles. The summed E-state index contributed by atoms with van der Waals surface area (Å²) in [6.45, 7) is 0. The van der Waals surface area contributed by atoms with Gasteiger partial charge in [-0.1, -0.05) is 58.5 Å². The van der Waals surface area contributed by atoms with Crippen LogP contribution in [0.3, 0.4) is 0 Å². The molecule has 0 heterocycles. The van der Waals surface area contributed by atoms with Crippen molar-refractivity contribution in [2.24, 2.45) is 0 Å². The summed E-state index contributed by atoms with van der Waals surface area (Å²) in [5.41, 5.74) is 0.724. The Kier molecular flexibility index (Phi) is 5.02. The van der Waals surface area contributed by atoms with Gasteiger partial charge in [-0.2, -0.15) is 0 Å². The minimum absolute atomic E-state index is 0.0257. The monoisotopic (exact) mass is 364 g/mol. The van der Waals surface area contributed by atoms with Crippen LogP contribution in [0.1, 0.15) is 11.7 Å². The van der Waals surface area contributed by atoms with Gasteiger partial charge in [0.05, 0.1) is 10.0 Å². The van der Waals surface area contributed by atoms with E-state index >= 15 is 0 Å². The van der Waals surface area contributed by atoms with Gasteiger partial charge in [-0.15, -0.1) is 0 Å². The molecule has 0 amide bonds. The summed E-state index contributed by atoms with van der Waals surface area (Å²) < 4.78 is 0. The number of aliphatic carboxylic acids is 1. The zero-order chi connectivity index (χ0) is 15.7. The SMILES string of the molecule is O=C(O)C(O)c1c(Cl)cccc1-c1c(Cl)cc(Cl)cc1Cl. The molecule has 1 atom stereocenters. The molecule has 0 saturated carbocycles. The number of carbonyl (C=O) groups is 1. The van der Waals surface area contributed by atoms with Gasteiger partial charge in [0.1, 0.15) is 0 Å². The average Bonchev–Trinajstić information content (AvgIpc) is 2.36. The lowest BCUT2D eigenvalue weighted by molar-refractivity contribution is -0.146. The van der Waals surface area contributed by atoms with Crippen LogP contribution in [0.25, 0.3) is 11.1 Å². The fraction of sp³-hybridized carbons (Fsp3) is 0.0714. The van der Waals surface area contributed by atoms with Crippen LogP contribution in [0.2, 0.25) is 20.1 Å². The lowest BCUT2D eigenvalue weighted by atomic mass is 9.96. The van der Waals surface area contributed by atoms with Crippen molar-refractivity contribution in [1.29, 1.82) is 0 Å². The van der Waals surface area contributed by atoms with Crippen LogP contribution in [0, 0.1) is 0 Å². The third kappa shape index (κ3) is 3.28. The molecule has 0 aliphatic rings. The minimum atomic E-state index is -1.79. The Morgan fingerprint density at radius 1 is 1.00 bits per heavy atom. The maximum absolute atomic E-state index is 11.1. The second kappa shape index (κ2) is 6.42. The molecule has 7 heteroatoms. The van der Waals surface area contributed by atoms with Gasteiger partial charge in [-0.05, 0) is 23.8 Å². The molecular formula is C14H8Cl4O3. The van der Waals surface area contributed by atoms with Crippen molar-refractivity contribution in [3.05, 3.63) is 56.0 Å². The lowest BCUT2D eigenvalue weighted by Crippen LogP contribution is -2.12. The number of hydrogen-bond donors (Lipinski definition) is 2. The van der Waals surface area contributed by atoms with E-state index in [2.05, 4.69) is 0 Å². The summed E-state index contributed by atoms with van der Waals surface area (Å²) in [5, 5.41) is 19.8. The van der Waals surface area contributed by atoms with Crippen LogP contribution in [0.5, 0.6) is 0 Å². The van der Waals surface area contributed by atoms with Gasteiger partial charge in [0.25, 0.3) is 0 Å². The van der Waals surface area contributed by atoms with Crippen LogP contribution in [0.15, 0.2) is 30.3 Å². The van der Waals surface area contributed by atoms with E-state index in [0.717, 1.165) is 0 Å². The average molecular weight is 366 g/mol. The Hall–Kier alpha value is -0.970. The van der Waals surface area contributed by atoms with Crippen LogP contribution >= 0.6 is 46.4 Å². The number of halogens is 4. The standard InChI is InChI=1S/C14H8Cl4O3/c15-6-4-9(17)11(10(18)5-6)7-2-1-3-8(16)12(7)13(19)14(20)21/h1-5,13,19H,(H,20,21). The summed E-state index contributed by atoms with van der Waals surface area (Å²) in [6.07, 6.45) is -1.79. The maximum Gasteiger partial charge on any atom is 0.337 e. The molecule has 0 radical (unpaired) electrons. The van der Waals surface area contributed by atoms with Crippen LogP contribution in [-0.4, -0.2) is 16.2 Å². The summed E-state index contributed by atoms with van der Waals surface area (Å²) in [6, 6.07) is 7.61. The Labute approximate surface area is 140 Å². The number of benzene rings is 2. The fourth-order valence-electron chi connectivity index (χ4n) is 1.96. The molecule has 110 valence electrons. The Bertz CT molecular complexity index is 692. The van der Waals surface area contributed by atoms with E-state index in [-0.39, 0.29) is 20.6 Å². The highest BCUT2D eigenvalue weighted by molar-refractivity contribution is 6.42. The van der Waals surface area contributed by atoms with Crippen molar-refractivity contribution in [3.63, 3.8) is 0 Å². The molecular weight excluding hydrogens is 358 g/mol. The third-order valence-electron chi connectivity index (χ3n) is 2.84. The molecule has 3 nitrogen and oxygen atoms in total. The Balaban J connectivity index is 2.77. The Morgan fingerprint density at radius 3 is 2.10 bits per heavy atom. The van der Waals surface area contributed by atoms with Crippen molar-refractivity contribution in [3.8, 4) is 11.1 Å². The molecule has 0 aromatic heterocycles. The fourth-order valence-corrected chi connectivity index (χ4v) is 3.25. The molecule has 2 rings (SSSR count). The van der Waals surface area contributed by atoms with Crippen LogP contribution in [0.4, 0.5) is 0 Å². The molecule has 0 spiro atoms. The zero-order valence-electron chi connectivity index (χ0n) is 10.3. The number of rotatable bonds is 3. The first kappa shape index (κ1) is 16.4. The van der Waals surface area contributed by atoms with Crippen molar-refractivity contribution in [2.45, 2.75) is 6.10 Å². The van der Waals surface area contributed by atoms with Crippen LogP contribution in [-0.2, 0) is 4.79 Å². The number of carboxylic acid groups (broad SMARTS) is 1. The van der Waals surface area contributed by atoms with E-state index < -0.39 is 12.1 Å². The number of aliphatic hydroxyl groups is 1.